The third-order valence-electron chi connectivity index (χ3n) is 4.05. The zero-order valence-electron chi connectivity index (χ0n) is 15.4. The molecule has 1 aromatic carbocycles. The monoisotopic (exact) mass is 336 g/mol. The van der Waals surface area contributed by atoms with E-state index < -0.39 is 0 Å². The fourth-order valence-electron chi connectivity index (χ4n) is 2.61. The maximum absolute atomic E-state index is 4.54. The molecule has 0 aliphatic rings. The zero-order valence-corrected chi connectivity index (χ0v) is 15.4. The molecule has 25 heavy (non-hydrogen) atoms. The van der Waals surface area contributed by atoms with Gasteiger partial charge in [0.15, 0.2) is 0 Å². The Morgan fingerprint density at radius 2 is 1.80 bits per heavy atom. The van der Waals surface area contributed by atoms with Crippen LogP contribution in [0.5, 0.6) is 0 Å². The first-order valence-corrected chi connectivity index (χ1v) is 8.31. The molecule has 0 atom stereocenters. The summed E-state index contributed by atoms with van der Waals surface area (Å²) in [5.74, 6) is 1.55. The summed E-state index contributed by atoms with van der Waals surface area (Å²) in [7, 11) is 3.96. The van der Waals surface area contributed by atoms with Crippen LogP contribution in [0.3, 0.4) is 0 Å². The van der Waals surface area contributed by atoms with Crippen LogP contribution >= 0.6 is 0 Å². The van der Waals surface area contributed by atoms with E-state index >= 15 is 0 Å². The first-order chi connectivity index (χ1) is 11.9. The molecule has 0 aliphatic heterocycles. The maximum Gasteiger partial charge on any atom is 0.225 e. The van der Waals surface area contributed by atoms with E-state index in [1.54, 1.807) is 0 Å². The Morgan fingerprint density at radius 1 is 1.00 bits per heavy atom. The highest BCUT2D eigenvalue weighted by atomic mass is 15.3. The summed E-state index contributed by atoms with van der Waals surface area (Å²) in [6, 6.07) is 10.3. The molecule has 0 fully saturated rings. The number of anilines is 2. The van der Waals surface area contributed by atoms with E-state index in [-0.39, 0.29) is 0 Å². The third kappa shape index (κ3) is 3.96. The lowest BCUT2D eigenvalue weighted by molar-refractivity contribution is 0.859. The number of hydrogen-bond donors (Lipinski definition) is 1. The van der Waals surface area contributed by atoms with Crippen LogP contribution in [0, 0.1) is 20.8 Å². The minimum atomic E-state index is 0.648. The van der Waals surface area contributed by atoms with Crippen molar-refractivity contribution in [2.24, 2.45) is 0 Å². The molecule has 0 amide bonds. The van der Waals surface area contributed by atoms with Gasteiger partial charge in [-0.1, -0.05) is 6.07 Å². The van der Waals surface area contributed by atoms with Crippen molar-refractivity contribution >= 4 is 11.8 Å². The van der Waals surface area contributed by atoms with Crippen molar-refractivity contribution in [3.05, 3.63) is 59.0 Å². The molecule has 1 N–H and O–H groups in total. The van der Waals surface area contributed by atoms with Gasteiger partial charge in [0.05, 0.1) is 11.4 Å². The van der Waals surface area contributed by atoms with Crippen molar-refractivity contribution in [2.75, 3.05) is 24.3 Å². The summed E-state index contributed by atoms with van der Waals surface area (Å²) in [6.45, 7) is 6.76. The van der Waals surface area contributed by atoms with Gasteiger partial charge in [-0.3, -0.25) is 0 Å². The number of aromatic nitrogens is 4. The lowest BCUT2D eigenvalue weighted by Gasteiger charge is -2.14. The largest absolute Gasteiger partial charge is 0.363 e. The quantitative estimate of drug-likeness (QED) is 0.775. The van der Waals surface area contributed by atoms with Crippen molar-refractivity contribution in [3.8, 4) is 5.69 Å². The fraction of sp³-hybridized carbons (Fsp3) is 0.316. The second kappa shape index (κ2) is 6.93. The second-order valence-electron chi connectivity index (χ2n) is 6.45. The molecule has 0 aliphatic carbocycles. The molecular formula is C19H24N6. The number of nitrogens with zero attached hydrogens (tertiary/aromatic N) is 5. The van der Waals surface area contributed by atoms with Gasteiger partial charge in [0.1, 0.15) is 5.82 Å². The maximum atomic E-state index is 4.54. The fourth-order valence-corrected chi connectivity index (χ4v) is 2.61. The average molecular weight is 336 g/mol. The molecule has 2 aromatic heterocycles. The number of benzene rings is 1. The minimum Gasteiger partial charge on any atom is -0.363 e. The summed E-state index contributed by atoms with van der Waals surface area (Å²) in [5.41, 5.74) is 5.44. The molecule has 0 unspecified atom stereocenters. The summed E-state index contributed by atoms with van der Waals surface area (Å²) in [5, 5.41) is 7.79. The first-order valence-electron chi connectivity index (χ1n) is 8.31. The van der Waals surface area contributed by atoms with E-state index in [2.05, 4.69) is 45.5 Å². The molecular weight excluding hydrogens is 312 g/mol. The number of rotatable bonds is 5. The molecule has 0 radical (unpaired) electrons. The van der Waals surface area contributed by atoms with Gasteiger partial charge in [0.25, 0.3) is 0 Å². The Hall–Kier alpha value is -2.89. The SMILES string of the molecule is Cc1cc(N(C)C)nc(NCc2ccc(-n3ccc(C)n3)cc2C)n1. The van der Waals surface area contributed by atoms with Gasteiger partial charge in [-0.05, 0) is 50.1 Å². The van der Waals surface area contributed by atoms with E-state index in [0.717, 1.165) is 22.9 Å². The van der Waals surface area contributed by atoms with Crippen LogP contribution < -0.4 is 10.2 Å². The van der Waals surface area contributed by atoms with Gasteiger partial charge < -0.3 is 10.2 Å². The molecule has 3 rings (SSSR count). The molecule has 6 heteroatoms. The van der Waals surface area contributed by atoms with Crippen LogP contribution in [0.1, 0.15) is 22.5 Å². The van der Waals surface area contributed by atoms with E-state index in [9.17, 15) is 0 Å². The lowest BCUT2D eigenvalue weighted by Crippen LogP contribution is -2.13. The van der Waals surface area contributed by atoms with Gasteiger partial charge in [0, 0.05) is 38.6 Å². The highest BCUT2D eigenvalue weighted by molar-refractivity contribution is 5.45. The Labute approximate surface area is 148 Å². The second-order valence-corrected chi connectivity index (χ2v) is 6.45. The minimum absolute atomic E-state index is 0.648. The van der Waals surface area contributed by atoms with Crippen molar-refractivity contribution in [3.63, 3.8) is 0 Å². The van der Waals surface area contributed by atoms with Crippen LogP contribution in [0.25, 0.3) is 5.69 Å². The Bertz CT molecular complexity index is 881. The number of hydrogen-bond acceptors (Lipinski definition) is 5. The topological polar surface area (TPSA) is 58.9 Å². The smallest absolute Gasteiger partial charge is 0.225 e. The predicted octanol–water partition coefficient (Wildman–Crippen LogP) is 3.27. The molecule has 2 heterocycles. The summed E-state index contributed by atoms with van der Waals surface area (Å²) >= 11 is 0. The highest BCUT2D eigenvalue weighted by Gasteiger charge is 2.06. The molecule has 0 spiro atoms. The molecule has 0 saturated carbocycles. The van der Waals surface area contributed by atoms with E-state index in [4.69, 9.17) is 0 Å². The summed E-state index contributed by atoms with van der Waals surface area (Å²) in [4.78, 5) is 11.0. The average Bonchev–Trinajstić information content (AvgIpc) is 2.99. The van der Waals surface area contributed by atoms with Gasteiger partial charge in [0.2, 0.25) is 5.95 Å². The van der Waals surface area contributed by atoms with Crippen LogP contribution in [-0.4, -0.2) is 33.8 Å². The van der Waals surface area contributed by atoms with Gasteiger partial charge in [-0.2, -0.15) is 10.1 Å². The third-order valence-corrected chi connectivity index (χ3v) is 4.05. The van der Waals surface area contributed by atoms with Crippen molar-refractivity contribution < 1.29 is 0 Å². The first kappa shape index (κ1) is 17.0. The molecule has 130 valence electrons. The molecule has 0 saturated heterocycles. The Balaban J connectivity index is 1.75. The van der Waals surface area contributed by atoms with Crippen LogP contribution in [-0.2, 0) is 6.54 Å². The van der Waals surface area contributed by atoms with Crippen LogP contribution in [0.2, 0.25) is 0 Å². The van der Waals surface area contributed by atoms with Gasteiger partial charge >= 0.3 is 0 Å². The Morgan fingerprint density at radius 3 is 2.44 bits per heavy atom. The van der Waals surface area contributed by atoms with E-state index in [0.29, 0.717) is 12.5 Å². The number of aryl methyl sites for hydroxylation is 3. The van der Waals surface area contributed by atoms with E-state index in [1.807, 2.05) is 55.9 Å². The van der Waals surface area contributed by atoms with E-state index in [1.165, 1.54) is 11.1 Å². The van der Waals surface area contributed by atoms with Crippen LogP contribution in [0.15, 0.2) is 36.5 Å². The molecule has 6 nitrogen and oxygen atoms in total. The van der Waals surface area contributed by atoms with Crippen LogP contribution in [0.4, 0.5) is 11.8 Å². The normalized spacial score (nSPS) is 10.8. The Kier molecular flexibility index (Phi) is 4.70. The summed E-state index contributed by atoms with van der Waals surface area (Å²) < 4.78 is 1.90. The van der Waals surface area contributed by atoms with Crippen molar-refractivity contribution in [2.45, 2.75) is 27.3 Å². The molecule has 3 aromatic rings. The standard InChI is InChI=1S/C19H24N6/c1-13-10-17(25-9-8-14(2)23-25)7-6-16(13)12-20-19-21-15(3)11-18(22-19)24(4)5/h6-11H,12H2,1-5H3,(H,20,21,22). The van der Waals surface area contributed by atoms with Gasteiger partial charge in [-0.25, -0.2) is 9.67 Å². The zero-order chi connectivity index (χ0) is 18.0. The van der Waals surface area contributed by atoms with Crippen molar-refractivity contribution in [1.29, 1.82) is 0 Å². The summed E-state index contributed by atoms with van der Waals surface area (Å²) in [6.07, 6.45) is 1.98. The lowest BCUT2D eigenvalue weighted by atomic mass is 10.1. The molecule has 0 bridgehead atoms. The van der Waals surface area contributed by atoms with Crippen molar-refractivity contribution in [1.82, 2.24) is 19.7 Å². The highest BCUT2D eigenvalue weighted by Crippen LogP contribution is 2.17. The van der Waals surface area contributed by atoms with Gasteiger partial charge in [-0.15, -0.1) is 0 Å². The number of nitrogens with one attached hydrogen (secondary N) is 1. The predicted molar refractivity (Wildman–Crippen MR) is 101 cm³/mol.